The highest BCUT2D eigenvalue weighted by atomic mass is 79.9. The molecule has 1 aromatic rings. The van der Waals surface area contributed by atoms with E-state index in [0.29, 0.717) is 11.4 Å². The van der Waals surface area contributed by atoms with E-state index in [2.05, 4.69) is 26.0 Å². The Morgan fingerprint density at radius 3 is 2.76 bits per heavy atom. The van der Waals surface area contributed by atoms with Crippen LogP contribution in [0.25, 0.3) is 0 Å². The highest BCUT2D eigenvalue weighted by molar-refractivity contribution is 9.10. The van der Waals surface area contributed by atoms with E-state index < -0.39 is 10.0 Å². The number of sulfonamides is 1. The summed E-state index contributed by atoms with van der Waals surface area (Å²) in [6.45, 7) is 3.44. The zero-order chi connectivity index (χ0) is 12.5. The molecule has 4 nitrogen and oxygen atoms in total. The van der Waals surface area contributed by atoms with Gasteiger partial charge in [-0.1, -0.05) is 15.9 Å². The fraction of sp³-hybridized carbons (Fsp3) is 0.455. The molecule has 6 heteroatoms. The van der Waals surface area contributed by atoms with Gasteiger partial charge in [0.1, 0.15) is 0 Å². The van der Waals surface area contributed by atoms with Crippen molar-refractivity contribution in [3.63, 3.8) is 0 Å². The molecule has 1 unspecified atom stereocenters. The van der Waals surface area contributed by atoms with E-state index in [9.17, 15) is 8.42 Å². The second-order valence-electron chi connectivity index (χ2n) is 4.28. The number of hydrogen-bond donors (Lipinski definition) is 2. The minimum atomic E-state index is -3.41. The highest BCUT2D eigenvalue weighted by Gasteiger charge is 2.22. The van der Waals surface area contributed by atoms with E-state index in [-0.39, 0.29) is 6.04 Å². The molecule has 0 aromatic heterocycles. The van der Waals surface area contributed by atoms with Gasteiger partial charge in [0.05, 0.1) is 4.90 Å². The van der Waals surface area contributed by atoms with Gasteiger partial charge in [-0.3, -0.25) is 0 Å². The Kier molecular flexibility index (Phi) is 3.87. The molecule has 0 radical (unpaired) electrons. The minimum Gasteiger partial charge on any atom is -0.315 e. The first-order valence-corrected chi connectivity index (χ1v) is 7.75. The highest BCUT2D eigenvalue weighted by Crippen LogP contribution is 2.19. The Bertz CT molecular complexity index is 490. The summed E-state index contributed by atoms with van der Waals surface area (Å²) in [5, 5.41) is 3.13. The van der Waals surface area contributed by atoms with Gasteiger partial charge in [0.25, 0.3) is 0 Å². The quantitative estimate of drug-likeness (QED) is 0.885. The summed E-state index contributed by atoms with van der Waals surface area (Å²) < 4.78 is 27.8. The van der Waals surface area contributed by atoms with Gasteiger partial charge < -0.3 is 5.32 Å². The van der Waals surface area contributed by atoms with Crippen molar-refractivity contribution < 1.29 is 8.42 Å². The van der Waals surface area contributed by atoms with Crippen LogP contribution in [0.5, 0.6) is 0 Å². The first-order chi connectivity index (χ1) is 7.97. The molecule has 1 atom stereocenters. The van der Waals surface area contributed by atoms with E-state index in [1.165, 1.54) is 0 Å². The van der Waals surface area contributed by atoms with Gasteiger partial charge in [-0.15, -0.1) is 0 Å². The largest absolute Gasteiger partial charge is 0.315 e. The second kappa shape index (κ2) is 5.06. The number of halogens is 1. The Morgan fingerprint density at radius 1 is 1.41 bits per heavy atom. The summed E-state index contributed by atoms with van der Waals surface area (Å²) in [7, 11) is -3.41. The molecular weight excluding hydrogens is 304 g/mol. The molecule has 2 N–H and O–H groups in total. The van der Waals surface area contributed by atoms with E-state index in [0.717, 1.165) is 23.0 Å². The van der Waals surface area contributed by atoms with Crippen molar-refractivity contribution in [3.05, 3.63) is 28.2 Å². The van der Waals surface area contributed by atoms with Crippen molar-refractivity contribution in [2.45, 2.75) is 24.3 Å². The van der Waals surface area contributed by atoms with Crippen molar-refractivity contribution >= 4 is 26.0 Å². The van der Waals surface area contributed by atoms with Crippen LogP contribution in [-0.4, -0.2) is 27.5 Å². The number of hydrogen-bond acceptors (Lipinski definition) is 3. The van der Waals surface area contributed by atoms with Crippen LogP contribution in [0.15, 0.2) is 27.6 Å². The summed E-state index contributed by atoms with van der Waals surface area (Å²) in [4.78, 5) is 0.316. The second-order valence-corrected chi connectivity index (χ2v) is 6.90. The third-order valence-corrected chi connectivity index (χ3v) is 4.67. The van der Waals surface area contributed by atoms with Crippen molar-refractivity contribution in [1.29, 1.82) is 0 Å². The lowest BCUT2D eigenvalue weighted by Crippen LogP contribution is -2.36. The summed E-state index contributed by atoms with van der Waals surface area (Å²) in [5.74, 6) is 0. The summed E-state index contributed by atoms with van der Waals surface area (Å²) in [6, 6.07) is 5.18. The van der Waals surface area contributed by atoms with Crippen LogP contribution in [0.1, 0.15) is 12.0 Å². The summed E-state index contributed by atoms with van der Waals surface area (Å²) in [6.07, 6.45) is 0.839. The lowest BCUT2D eigenvalue weighted by atomic mass is 10.2. The zero-order valence-electron chi connectivity index (χ0n) is 9.53. The third-order valence-electron chi connectivity index (χ3n) is 2.71. The Hall–Kier alpha value is -0.430. The molecule has 0 amide bonds. The monoisotopic (exact) mass is 318 g/mol. The SMILES string of the molecule is Cc1cc(Br)cc(S(=O)(=O)NC2CCNC2)c1. The zero-order valence-corrected chi connectivity index (χ0v) is 11.9. The van der Waals surface area contributed by atoms with E-state index >= 15 is 0 Å². The predicted octanol–water partition coefficient (Wildman–Crippen LogP) is 1.40. The van der Waals surface area contributed by atoms with Gasteiger partial charge >= 0.3 is 0 Å². The number of aryl methyl sites for hydroxylation is 1. The fourth-order valence-electron chi connectivity index (χ4n) is 1.90. The average Bonchev–Trinajstić information content (AvgIpc) is 2.68. The topological polar surface area (TPSA) is 58.2 Å². The normalized spacial score (nSPS) is 20.7. The van der Waals surface area contributed by atoms with Crippen molar-refractivity contribution in [2.75, 3.05) is 13.1 Å². The predicted molar refractivity (Wildman–Crippen MR) is 70.5 cm³/mol. The molecule has 0 bridgehead atoms. The molecule has 1 saturated heterocycles. The number of nitrogens with one attached hydrogen (secondary N) is 2. The minimum absolute atomic E-state index is 0.000659. The van der Waals surface area contributed by atoms with Gasteiger partial charge in [0.15, 0.2) is 0 Å². The Balaban J connectivity index is 2.24. The maximum atomic E-state index is 12.1. The van der Waals surface area contributed by atoms with Crippen molar-refractivity contribution in [2.24, 2.45) is 0 Å². The van der Waals surface area contributed by atoms with Gasteiger partial charge in [0, 0.05) is 17.1 Å². The first-order valence-electron chi connectivity index (χ1n) is 5.47. The maximum Gasteiger partial charge on any atom is 0.240 e. The average molecular weight is 319 g/mol. The molecule has 2 rings (SSSR count). The summed E-state index contributed by atoms with van der Waals surface area (Å²) in [5.41, 5.74) is 0.921. The van der Waals surface area contributed by atoms with Crippen molar-refractivity contribution in [1.82, 2.24) is 10.0 Å². The van der Waals surface area contributed by atoms with E-state index in [1.807, 2.05) is 13.0 Å². The Morgan fingerprint density at radius 2 is 2.18 bits per heavy atom. The lowest BCUT2D eigenvalue weighted by Gasteiger charge is -2.12. The molecule has 0 saturated carbocycles. The number of rotatable bonds is 3. The first kappa shape index (κ1) is 13.0. The van der Waals surface area contributed by atoms with E-state index in [1.54, 1.807) is 12.1 Å². The molecule has 17 heavy (non-hydrogen) atoms. The van der Waals surface area contributed by atoms with Crippen LogP contribution in [0, 0.1) is 6.92 Å². The third kappa shape index (κ3) is 3.28. The number of benzene rings is 1. The summed E-state index contributed by atoms with van der Waals surface area (Å²) >= 11 is 3.31. The molecule has 0 aliphatic carbocycles. The molecule has 1 heterocycles. The van der Waals surface area contributed by atoms with Crippen LogP contribution in [0.3, 0.4) is 0 Å². The molecule has 0 spiro atoms. The van der Waals surface area contributed by atoms with Crippen LogP contribution in [-0.2, 0) is 10.0 Å². The van der Waals surface area contributed by atoms with Crippen LogP contribution in [0.4, 0.5) is 0 Å². The molecule has 1 aromatic carbocycles. The van der Waals surface area contributed by atoms with Crippen LogP contribution < -0.4 is 10.0 Å². The van der Waals surface area contributed by atoms with Crippen molar-refractivity contribution in [3.8, 4) is 0 Å². The molecule has 94 valence electrons. The molecule has 1 aliphatic heterocycles. The Labute approximate surface area is 110 Å². The van der Waals surface area contributed by atoms with Crippen LogP contribution in [0.2, 0.25) is 0 Å². The van der Waals surface area contributed by atoms with Gasteiger partial charge in [-0.25, -0.2) is 13.1 Å². The van der Waals surface area contributed by atoms with Crippen LogP contribution >= 0.6 is 15.9 Å². The van der Waals surface area contributed by atoms with Gasteiger partial charge in [-0.2, -0.15) is 0 Å². The molecular formula is C11H15BrN2O2S. The van der Waals surface area contributed by atoms with Gasteiger partial charge in [0.2, 0.25) is 10.0 Å². The maximum absolute atomic E-state index is 12.1. The standard InChI is InChI=1S/C11H15BrN2O2S/c1-8-4-9(12)6-11(5-8)17(15,16)14-10-2-3-13-7-10/h4-6,10,13-14H,2-3,7H2,1H3. The van der Waals surface area contributed by atoms with Gasteiger partial charge in [-0.05, 0) is 43.7 Å². The fourth-order valence-corrected chi connectivity index (χ4v) is 4.06. The molecule has 1 aliphatic rings. The lowest BCUT2D eigenvalue weighted by molar-refractivity contribution is 0.560. The van der Waals surface area contributed by atoms with E-state index in [4.69, 9.17) is 0 Å². The molecule has 1 fully saturated rings. The smallest absolute Gasteiger partial charge is 0.240 e.